The second-order valence-electron chi connectivity index (χ2n) is 2.76. The first-order valence-electron chi connectivity index (χ1n) is 3.94. The number of hydrogen-bond donors (Lipinski definition) is 0. The van der Waals surface area contributed by atoms with Gasteiger partial charge in [-0.2, -0.15) is 0 Å². The summed E-state index contributed by atoms with van der Waals surface area (Å²) in [4.78, 5) is 4.42. The summed E-state index contributed by atoms with van der Waals surface area (Å²) in [6.07, 6.45) is 0. The lowest BCUT2D eigenvalue weighted by atomic mass is 10.2. The van der Waals surface area contributed by atoms with Gasteiger partial charge in [0.05, 0.1) is 10.7 Å². The van der Waals surface area contributed by atoms with Crippen molar-refractivity contribution in [1.29, 1.82) is 0 Å². The average Bonchev–Trinajstić information content (AvgIpc) is 2.52. The lowest BCUT2D eigenvalue weighted by Gasteiger charge is -1.96. The molecule has 13 heavy (non-hydrogen) atoms. The molecule has 0 aliphatic rings. The largest absolute Gasteiger partial charge is 0.242 e. The lowest BCUT2D eigenvalue weighted by Crippen LogP contribution is -1.77. The van der Waals surface area contributed by atoms with Crippen LogP contribution in [0.3, 0.4) is 0 Å². The summed E-state index contributed by atoms with van der Waals surface area (Å²) in [5.74, 6) is 0. The van der Waals surface area contributed by atoms with Crippen LogP contribution in [0.25, 0.3) is 11.3 Å². The molecule has 66 valence electrons. The van der Waals surface area contributed by atoms with Gasteiger partial charge in [0.15, 0.2) is 0 Å². The lowest BCUT2D eigenvalue weighted by molar-refractivity contribution is 1.30. The van der Waals surface area contributed by atoms with Gasteiger partial charge in [-0.3, -0.25) is 0 Å². The molecule has 0 amide bonds. The van der Waals surface area contributed by atoms with Crippen molar-refractivity contribution in [3.8, 4) is 11.3 Å². The van der Waals surface area contributed by atoms with Gasteiger partial charge in [0.1, 0.15) is 0 Å². The van der Waals surface area contributed by atoms with Crippen molar-refractivity contribution in [1.82, 2.24) is 4.98 Å². The first kappa shape index (κ1) is 8.91. The maximum Gasteiger partial charge on any atom is 0.0901 e. The number of aryl methyl sites for hydroxylation is 1. The molecule has 0 saturated heterocycles. The Labute approximate surface area is 89.6 Å². The summed E-state index contributed by atoms with van der Waals surface area (Å²) in [5, 5.41) is 3.19. The van der Waals surface area contributed by atoms with E-state index in [1.165, 1.54) is 5.56 Å². The third-order valence-electron chi connectivity index (χ3n) is 1.74. The smallest absolute Gasteiger partial charge is 0.0901 e. The van der Waals surface area contributed by atoms with Crippen molar-refractivity contribution in [2.24, 2.45) is 0 Å². The predicted molar refractivity (Wildman–Crippen MR) is 60.0 cm³/mol. The van der Waals surface area contributed by atoms with Gasteiger partial charge in [0, 0.05) is 15.4 Å². The molecule has 3 heteroatoms. The van der Waals surface area contributed by atoms with Crippen LogP contribution in [0, 0.1) is 6.92 Å². The molecule has 0 atom stereocenters. The quantitative estimate of drug-likeness (QED) is 0.752. The van der Waals surface area contributed by atoms with Crippen molar-refractivity contribution in [3.63, 3.8) is 0 Å². The molecule has 1 nitrogen and oxygen atoms in total. The van der Waals surface area contributed by atoms with E-state index in [4.69, 9.17) is 0 Å². The van der Waals surface area contributed by atoms with E-state index >= 15 is 0 Å². The van der Waals surface area contributed by atoms with E-state index in [0.29, 0.717) is 0 Å². The zero-order chi connectivity index (χ0) is 9.26. The second kappa shape index (κ2) is 3.60. The third-order valence-corrected chi connectivity index (χ3v) is 3.01. The van der Waals surface area contributed by atoms with Gasteiger partial charge in [-0.1, -0.05) is 28.1 Å². The Morgan fingerprint density at radius 1 is 1.38 bits per heavy atom. The molecule has 0 unspecified atom stereocenters. The van der Waals surface area contributed by atoms with Crippen molar-refractivity contribution in [2.45, 2.75) is 6.92 Å². The van der Waals surface area contributed by atoms with E-state index in [0.717, 1.165) is 15.2 Å². The van der Waals surface area contributed by atoms with E-state index in [1.54, 1.807) is 11.3 Å². The van der Waals surface area contributed by atoms with Gasteiger partial charge >= 0.3 is 0 Å². The zero-order valence-corrected chi connectivity index (χ0v) is 9.52. The number of nitrogens with zero attached hydrogens (tertiary/aromatic N) is 1. The number of rotatable bonds is 1. The first-order chi connectivity index (χ1) is 6.25. The van der Waals surface area contributed by atoms with Crippen LogP contribution in [0.1, 0.15) is 5.01 Å². The molecule has 0 fully saturated rings. The molecule has 0 aliphatic carbocycles. The van der Waals surface area contributed by atoms with Crippen LogP contribution >= 0.6 is 27.3 Å². The molecule has 1 heterocycles. The number of aromatic nitrogens is 1. The highest BCUT2D eigenvalue weighted by Crippen LogP contribution is 2.23. The molecule has 0 radical (unpaired) electrons. The minimum atomic E-state index is 1.06. The fourth-order valence-corrected chi connectivity index (χ4v) is 2.17. The van der Waals surface area contributed by atoms with E-state index in [-0.39, 0.29) is 0 Å². The summed E-state index contributed by atoms with van der Waals surface area (Å²) in [5.41, 5.74) is 2.22. The molecule has 0 aliphatic heterocycles. The van der Waals surface area contributed by atoms with Crippen LogP contribution in [0.2, 0.25) is 0 Å². The predicted octanol–water partition coefficient (Wildman–Crippen LogP) is 3.88. The van der Waals surface area contributed by atoms with Gasteiger partial charge in [-0.15, -0.1) is 11.3 Å². The van der Waals surface area contributed by atoms with Crippen LogP contribution < -0.4 is 0 Å². The van der Waals surface area contributed by atoms with Gasteiger partial charge in [0.2, 0.25) is 0 Å². The molecule has 0 spiro atoms. The Balaban J connectivity index is 2.46. The Bertz CT molecular complexity index is 422. The van der Waals surface area contributed by atoms with E-state index in [1.807, 2.05) is 19.1 Å². The van der Waals surface area contributed by atoms with Gasteiger partial charge in [0.25, 0.3) is 0 Å². The summed E-state index contributed by atoms with van der Waals surface area (Å²) < 4.78 is 1.09. The second-order valence-corrected chi connectivity index (χ2v) is 4.74. The Hall–Kier alpha value is -0.670. The van der Waals surface area contributed by atoms with Crippen LogP contribution in [0.5, 0.6) is 0 Å². The van der Waals surface area contributed by atoms with E-state index in [9.17, 15) is 0 Å². The van der Waals surface area contributed by atoms with Crippen LogP contribution in [-0.2, 0) is 0 Å². The van der Waals surface area contributed by atoms with Gasteiger partial charge < -0.3 is 0 Å². The maximum absolute atomic E-state index is 4.42. The Morgan fingerprint density at radius 3 is 2.85 bits per heavy atom. The van der Waals surface area contributed by atoms with Crippen LogP contribution in [0.4, 0.5) is 0 Å². The molecule has 2 aromatic rings. The molecule has 0 bridgehead atoms. The fourth-order valence-electron chi connectivity index (χ4n) is 1.14. The maximum atomic E-state index is 4.42. The monoisotopic (exact) mass is 253 g/mol. The first-order valence-corrected chi connectivity index (χ1v) is 5.61. The third kappa shape index (κ3) is 1.98. The summed E-state index contributed by atoms with van der Waals surface area (Å²) >= 11 is 5.12. The SMILES string of the molecule is Cc1nc(-c2cccc(Br)c2)cs1. The van der Waals surface area contributed by atoms with Gasteiger partial charge in [-0.05, 0) is 19.1 Å². The minimum absolute atomic E-state index is 1.06. The molecular formula is C10H8BrNS. The van der Waals surface area contributed by atoms with Crippen molar-refractivity contribution >= 4 is 27.3 Å². The molecule has 2 rings (SSSR count). The number of halogens is 1. The Morgan fingerprint density at radius 2 is 2.23 bits per heavy atom. The minimum Gasteiger partial charge on any atom is -0.242 e. The number of benzene rings is 1. The van der Waals surface area contributed by atoms with Crippen molar-refractivity contribution < 1.29 is 0 Å². The molecular weight excluding hydrogens is 246 g/mol. The molecule has 0 N–H and O–H groups in total. The highest BCUT2D eigenvalue weighted by atomic mass is 79.9. The number of hydrogen-bond acceptors (Lipinski definition) is 2. The van der Waals surface area contributed by atoms with Gasteiger partial charge in [-0.25, -0.2) is 4.98 Å². The fraction of sp³-hybridized carbons (Fsp3) is 0.100. The Kier molecular flexibility index (Phi) is 2.47. The molecule has 1 aromatic carbocycles. The van der Waals surface area contributed by atoms with Crippen molar-refractivity contribution in [3.05, 3.63) is 39.1 Å². The average molecular weight is 254 g/mol. The standard InChI is InChI=1S/C10H8BrNS/c1-7-12-10(6-13-7)8-3-2-4-9(11)5-8/h2-6H,1H3. The van der Waals surface area contributed by atoms with E-state index in [2.05, 4.69) is 38.4 Å². The normalized spacial score (nSPS) is 10.3. The highest BCUT2D eigenvalue weighted by molar-refractivity contribution is 9.10. The molecule has 0 saturated carbocycles. The van der Waals surface area contributed by atoms with Crippen LogP contribution in [-0.4, -0.2) is 4.98 Å². The topological polar surface area (TPSA) is 12.9 Å². The van der Waals surface area contributed by atoms with Crippen molar-refractivity contribution in [2.75, 3.05) is 0 Å². The van der Waals surface area contributed by atoms with Crippen LogP contribution in [0.15, 0.2) is 34.1 Å². The molecule has 1 aromatic heterocycles. The zero-order valence-electron chi connectivity index (χ0n) is 7.12. The van der Waals surface area contributed by atoms with E-state index < -0.39 is 0 Å². The number of thiazole rings is 1. The summed E-state index contributed by atoms with van der Waals surface area (Å²) in [6.45, 7) is 2.02. The summed E-state index contributed by atoms with van der Waals surface area (Å²) in [7, 11) is 0. The highest BCUT2D eigenvalue weighted by Gasteiger charge is 2.01. The summed E-state index contributed by atoms with van der Waals surface area (Å²) in [6, 6.07) is 8.19.